The molecule has 2 rings (SSSR count). The predicted octanol–water partition coefficient (Wildman–Crippen LogP) is 5.95. The van der Waals surface area contributed by atoms with Crippen LogP contribution in [0, 0.1) is 10.5 Å². The van der Waals surface area contributed by atoms with Crippen LogP contribution in [-0.4, -0.2) is 36.0 Å². The normalized spacial score (nSPS) is 11.4. The van der Waals surface area contributed by atoms with Gasteiger partial charge < -0.3 is 10.6 Å². The van der Waals surface area contributed by atoms with Gasteiger partial charge in [-0.05, 0) is 99.2 Å². The van der Waals surface area contributed by atoms with Gasteiger partial charge in [-0.3, -0.25) is 9.69 Å². The molecule has 0 heterocycles. The topological polar surface area (TPSA) is 44.4 Å². The van der Waals surface area contributed by atoms with Crippen molar-refractivity contribution in [1.29, 1.82) is 0 Å². The SMILES string of the molecule is Cc1cc(I)ccc1Nc1ccc(Br)cc1C(=O)NCCN(C(C)C)C(C)C. The van der Waals surface area contributed by atoms with E-state index >= 15 is 0 Å². The van der Waals surface area contributed by atoms with Crippen molar-refractivity contribution in [3.05, 3.63) is 55.6 Å². The average molecular weight is 558 g/mol. The minimum Gasteiger partial charge on any atom is -0.355 e. The highest BCUT2D eigenvalue weighted by Crippen LogP contribution is 2.27. The molecule has 0 fully saturated rings. The third-order valence-corrected chi connectivity index (χ3v) is 5.83. The number of rotatable bonds is 8. The first-order chi connectivity index (χ1) is 13.2. The summed E-state index contributed by atoms with van der Waals surface area (Å²) in [7, 11) is 0. The van der Waals surface area contributed by atoms with E-state index in [0.717, 1.165) is 28.0 Å². The second-order valence-corrected chi connectivity index (χ2v) is 9.62. The molecule has 0 spiro atoms. The molecule has 0 aromatic heterocycles. The molecule has 28 heavy (non-hydrogen) atoms. The molecule has 0 bridgehead atoms. The number of hydrogen-bond donors (Lipinski definition) is 2. The van der Waals surface area contributed by atoms with E-state index in [4.69, 9.17) is 0 Å². The number of carbonyl (C=O) groups is 1. The number of nitrogens with zero attached hydrogens (tertiary/aromatic N) is 1. The maximum Gasteiger partial charge on any atom is 0.253 e. The first-order valence-electron chi connectivity index (χ1n) is 9.55. The van der Waals surface area contributed by atoms with Crippen molar-refractivity contribution in [1.82, 2.24) is 10.2 Å². The molecule has 0 atom stereocenters. The van der Waals surface area contributed by atoms with Crippen molar-refractivity contribution in [2.45, 2.75) is 46.7 Å². The van der Waals surface area contributed by atoms with E-state index < -0.39 is 0 Å². The van der Waals surface area contributed by atoms with Gasteiger partial charge >= 0.3 is 0 Å². The lowest BCUT2D eigenvalue weighted by Crippen LogP contribution is -2.42. The lowest BCUT2D eigenvalue weighted by atomic mass is 10.1. The summed E-state index contributed by atoms with van der Waals surface area (Å²) in [6.45, 7) is 12.2. The van der Waals surface area contributed by atoms with Crippen molar-refractivity contribution in [2.24, 2.45) is 0 Å². The lowest BCUT2D eigenvalue weighted by Gasteiger charge is -2.30. The van der Waals surface area contributed by atoms with Crippen LogP contribution >= 0.6 is 38.5 Å². The monoisotopic (exact) mass is 557 g/mol. The second kappa shape index (κ2) is 10.6. The molecule has 0 saturated carbocycles. The Morgan fingerprint density at radius 1 is 1.07 bits per heavy atom. The van der Waals surface area contributed by atoms with Gasteiger partial charge in [0, 0.05) is 38.9 Å². The van der Waals surface area contributed by atoms with Gasteiger partial charge in [-0.15, -0.1) is 0 Å². The van der Waals surface area contributed by atoms with Crippen molar-refractivity contribution < 1.29 is 4.79 Å². The van der Waals surface area contributed by atoms with Crippen molar-refractivity contribution >= 4 is 55.8 Å². The van der Waals surface area contributed by atoms with Gasteiger partial charge in [-0.1, -0.05) is 15.9 Å². The van der Waals surface area contributed by atoms with Crippen LogP contribution in [0.15, 0.2) is 40.9 Å². The zero-order valence-electron chi connectivity index (χ0n) is 17.1. The number of hydrogen-bond acceptors (Lipinski definition) is 3. The molecular weight excluding hydrogens is 529 g/mol. The van der Waals surface area contributed by atoms with Crippen molar-refractivity contribution in [3.8, 4) is 0 Å². The molecule has 0 aliphatic rings. The van der Waals surface area contributed by atoms with Crippen molar-refractivity contribution in [3.63, 3.8) is 0 Å². The fourth-order valence-electron chi connectivity index (χ4n) is 3.23. The van der Waals surface area contributed by atoms with Gasteiger partial charge in [0.05, 0.1) is 11.3 Å². The number of amides is 1. The fourth-order valence-corrected chi connectivity index (χ4v) is 4.24. The summed E-state index contributed by atoms with van der Waals surface area (Å²) in [5.41, 5.74) is 3.58. The van der Waals surface area contributed by atoms with Crippen LogP contribution in [0.2, 0.25) is 0 Å². The summed E-state index contributed by atoms with van der Waals surface area (Å²) in [6, 6.07) is 12.9. The molecule has 0 aliphatic heterocycles. The van der Waals surface area contributed by atoms with Gasteiger partial charge in [0.2, 0.25) is 0 Å². The fraction of sp³-hybridized carbons (Fsp3) is 0.409. The lowest BCUT2D eigenvalue weighted by molar-refractivity contribution is 0.0940. The highest BCUT2D eigenvalue weighted by atomic mass is 127. The number of anilines is 2. The Hall–Kier alpha value is -1.12. The van der Waals surface area contributed by atoms with E-state index in [1.807, 2.05) is 24.3 Å². The Labute approximate surface area is 190 Å². The van der Waals surface area contributed by atoms with Crippen molar-refractivity contribution in [2.75, 3.05) is 18.4 Å². The maximum atomic E-state index is 12.9. The molecule has 2 aromatic rings. The van der Waals surface area contributed by atoms with Crippen LogP contribution in [0.3, 0.4) is 0 Å². The highest BCUT2D eigenvalue weighted by molar-refractivity contribution is 14.1. The predicted molar refractivity (Wildman–Crippen MR) is 131 cm³/mol. The number of nitrogens with one attached hydrogen (secondary N) is 2. The average Bonchev–Trinajstić information content (AvgIpc) is 2.61. The van der Waals surface area contributed by atoms with E-state index in [0.29, 0.717) is 24.2 Å². The molecule has 2 N–H and O–H groups in total. The van der Waals surface area contributed by atoms with E-state index in [9.17, 15) is 4.79 Å². The highest BCUT2D eigenvalue weighted by Gasteiger charge is 2.16. The van der Waals surface area contributed by atoms with Crippen LogP contribution in [0.25, 0.3) is 0 Å². The zero-order chi connectivity index (χ0) is 20.8. The Morgan fingerprint density at radius 2 is 1.71 bits per heavy atom. The number of aryl methyl sites for hydroxylation is 1. The van der Waals surface area contributed by atoms with Gasteiger partial charge in [0.1, 0.15) is 0 Å². The summed E-state index contributed by atoms with van der Waals surface area (Å²) in [5.74, 6) is -0.0700. The molecule has 0 unspecified atom stereocenters. The van der Waals surface area contributed by atoms with Gasteiger partial charge in [0.25, 0.3) is 5.91 Å². The van der Waals surface area contributed by atoms with Gasteiger partial charge in [-0.25, -0.2) is 0 Å². The Balaban J connectivity index is 2.13. The van der Waals surface area contributed by atoms with Crippen LogP contribution in [0.4, 0.5) is 11.4 Å². The van der Waals surface area contributed by atoms with E-state index in [1.165, 1.54) is 3.57 Å². The standard InChI is InChI=1S/C22H29BrIN3O/c1-14(2)27(15(3)4)11-10-25-22(28)19-13-17(23)6-8-21(19)26-20-9-7-18(24)12-16(20)5/h6-9,12-15,26H,10-11H2,1-5H3,(H,25,28). The Bertz CT molecular complexity index is 815. The van der Waals surface area contributed by atoms with Gasteiger partial charge in [0.15, 0.2) is 0 Å². The number of carbonyl (C=O) groups excluding carboxylic acids is 1. The minimum absolute atomic E-state index is 0.0700. The maximum absolute atomic E-state index is 12.9. The Morgan fingerprint density at radius 3 is 2.32 bits per heavy atom. The molecule has 4 nitrogen and oxygen atoms in total. The molecule has 152 valence electrons. The summed E-state index contributed by atoms with van der Waals surface area (Å²) < 4.78 is 2.07. The van der Waals surface area contributed by atoms with Crippen LogP contribution in [0.5, 0.6) is 0 Å². The quantitative estimate of drug-likeness (QED) is 0.394. The Kier molecular flexibility index (Phi) is 8.77. The molecule has 6 heteroatoms. The zero-order valence-corrected chi connectivity index (χ0v) is 20.9. The third kappa shape index (κ3) is 6.46. The summed E-state index contributed by atoms with van der Waals surface area (Å²) >= 11 is 5.79. The van der Waals surface area contributed by atoms with E-state index in [2.05, 4.69) is 101 Å². The van der Waals surface area contributed by atoms with Gasteiger partial charge in [-0.2, -0.15) is 0 Å². The number of benzene rings is 2. The molecule has 0 aliphatic carbocycles. The second-order valence-electron chi connectivity index (χ2n) is 7.46. The largest absolute Gasteiger partial charge is 0.355 e. The number of halogens is 2. The molecule has 1 amide bonds. The summed E-state index contributed by atoms with van der Waals surface area (Å²) in [6.07, 6.45) is 0. The first-order valence-corrected chi connectivity index (χ1v) is 11.4. The van der Waals surface area contributed by atoms with Crippen LogP contribution in [0.1, 0.15) is 43.6 Å². The third-order valence-electron chi connectivity index (χ3n) is 4.67. The summed E-state index contributed by atoms with van der Waals surface area (Å²) in [5, 5.41) is 6.49. The molecule has 0 saturated heterocycles. The molecular formula is C22H29BrIN3O. The first kappa shape index (κ1) is 23.2. The molecule has 0 radical (unpaired) electrons. The minimum atomic E-state index is -0.0700. The van der Waals surface area contributed by atoms with E-state index in [1.54, 1.807) is 0 Å². The smallest absolute Gasteiger partial charge is 0.253 e. The molecule has 2 aromatic carbocycles. The summed E-state index contributed by atoms with van der Waals surface area (Å²) in [4.78, 5) is 15.2. The van der Waals surface area contributed by atoms with E-state index in [-0.39, 0.29) is 5.91 Å². The van der Waals surface area contributed by atoms with Crippen LogP contribution < -0.4 is 10.6 Å². The van der Waals surface area contributed by atoms with Crippen LogP contribution in [-0.2, 0) is 0 Å².